The molecule has 188 valence electrons. The van der Waals surface area contributed by atoms with E-state index in [1.807, 2.05) is 77.6 Å². The predicted molar refractivity (Wildman–Crippen MR) is 141 cm³/mol. The quantitative estimate of drug-likeness (QED) is 0.311. The van der Waals surface area contributed by atoms with Crippen LogP contribution in [0.4, 0.5) is 5.69 Å². The smallest absolute Gasteiger partial charge is 0.276 e. The number of hydrogen-bond donors (Lipinski definition) is 1. The van der Waals surface area contributed by atoms with Gasteiger partial charge in [-0.05, 0) is 48.0 Å². The molecule has 5 rings (SSSR count). The van der Waals surface area contributed by atoms with Crippen LogP contribution in [-0.4, -0.2) is 47.3 Å². The Labute approximate surface area is 214 Å². The first-order valence-electron chi connectivity index (χ1n) is 11.5. The molecule has 0 unspecified atom stereocenters. The average molecular weight is 516 g/mol. The molecule has 1 amide bonds. The first-order valence-corrected chi connectivity index (χ1v) is 12.9. The second kappa shape index (κ2) is 10.0. The molecule has 1 N–H and O–H groups in total. The van der Waals surface area contributed by atoms with Gasteiger partial charge < -0.3 is 9.88 Å². The molecule has 0 aliphatic rings. The second-order valence-corrected chi connectivity index (χ2v) is 10.3. The van der Waals surface area contributed by atoms with Crippen molar-refractivity contribution in [2.75, 3.05) is 19.5 Å². The van der Waals surface area contributed by atoms with Crippen molar-refractivity contribution < 1.29 is 18.0 Å². The van der Waals surface area contributed by atoms with Gasteiger partial charge in [-0.2, -0.15) is 5.10 Å². The number of aromatic nitrogens is 3. The van der Waals surface area contributed by atoms with Gasteiger partial charge in [0.25, 0.3) is 15.9 Å². The topological polar surface area (TPSA) is 98.5 Å². The third-order valence-electron chi connectivity index (χ3n) is 6.06. The van der Waals surface area contributed by atoms with E-state index in [4.69, 9.17) is 4.84 Å². The van der Waals surface area contributed by atoms with E-state index in [0.717, 1.165) is 26.6 Å². The molecule has 0 spiro atoms. The van der Waals surface area contributed by atoms with Crippen LogP contribution in [0, 0.1) is 0 Å². The summed E-state index contributed by atoms with van der Waals surface area (Å²) in [5.41, 5.74) is 3.44. The van der Waals surface area contributed by atoms with Crippen LogP contribution in [-0.2, 0) is 21.4 Å². The van der Waals surface area contributed by atoms with E-state index in [-0.39, 0.29) is 10.8 Å². The molecule has 0 fully saturated rings. The highest BCUT2D eigenvalue weighted by Gasteiger charge is 2.21. The minimum absolute atomic E-state index is 0.118. The molecule has 0 radical (unpaired) electrons. The van der Waals surface area contributed by atoms with E-state index in [1.54, 1.807) is 16.8 Å². The number of rotatable bonds is 8. The van der Waals surface area contributed by atoms with E-state index in [2.05, 4.69) is 10.4 Å². The van der Waals surface area contributed by atoms with Gasteiger partial charge in [-0.3, -0.25) is 14.3 Å². The third-order valence-corrected chi connectivity index (χ3v) is 7.75. The van der Waals surface area contributed by atoms with Crippen molar-refractivity contribution in [2.24, 2.45) is 0 Å². The molecule has 37 heavy (non-hydrogen) atoms. The van der Waals surface area contributed by atoms with Gasteiger partial charge in [0.05, 0.1) is 35.4 Å². The Morgan fingerprint density at radius 1 is 0.946 bits per heavy atom. The number of amides is 1. The van der Waals surface area contributed by atoms with Gasteiger partial charge in [0.15, 0.2) is 5.69 Å². The maximum Gasteiger partial charge on any atom is 0.276 e. The van der Waals surface area contributed by atoms with Crippen molar-refractivity contribution in [1.82, 2.24) is 18.8 Å². The highest BCUT2D eigenvalue weighted by molar-refractivity contribution is 7.89. The van der Waals surface area contributed by atoms with Crippen molar-refractivity contribution in [3.63, 3.8) is 0 Å². The molecule has 0 aliphatic heterocycles. The van der Waals surface area contributed by atoms with Crippen LogP contribution >= 0.6 is 0 Å². The van der Waals surface area contributed by atoms with Crippen LogP contribution in [0.3, 0.4) is 0 Å². The maximum absolute atomic E-state index is 13.4. The lowest BCUT2D eigenvalue weighted by Crippen LogP contribution is -2.25. The Balaban J connectivity index is 1.44. The first-order chi connectivity index (χ1) is 17.9. The van der Waals surface area contributed by atoms with Crippen molar-refractivity contribution in [1.29, 1.82) is 0 Å². The lowest BCUT2D eigenvalue weighted by atomic mass is 10.2. The Hall–Kier alpha value is -4.25. The van der Waals surface area contributed by atoms with Crippen LogP contribution in [0.1, 0.15) is 16.1 Å². The normalized spacial score (nSPS) is 11.8. The standard InChI is InChI=1S/C27H25N5O4S/c1-30(36-2)37(34,35)21-15-13-20(14-16-21)19-32-24-11-5-3-9-22(24)26(29-32)27(33)28-23-10-4-6-12-25(23)31-17-7-8-18-31/h3-18H,19H2,1-2H3,(H,28,33). The summed E-state index contributed by atoms with van der Waals surface area (Å²) in [4.78, 5) is 18.3. The van der Waals surface area contributed by atoms with Crippen LogP contribution in [0.15, 0.2) is 102 Å². The number of anilines is 1. The van der Waals surface area contributed by atoms with E-state index < -0.39 is 10.0 Å². The van der Waals surface area contributed by atoms with Gasteiger partial charge in [-0.1, -0.05) is 46.9 Å². The molecule has 0 atom stereocenters. The highest BCUT2D eigenvalue weighted by atomic mass is 32.2. The van der Waals surface area contributed by atoms with Gasteiger partial charge >= 0.3 is 0 Å². The summed E-state index contributed by atoms with van der Waals surface area (Å²) in [5, 5.41) is 8.36. The van der Waals surface area contributed by atoms with E-state index in [0.29, 0.717) is 17.9 Å². The van der Waals surface area contributed by atoms with Crippen molar-refractivity contribution in [3.8, 4) is 5.69 Å². The van der Waals surface area contributed by atoms with Gasteiger partial charge in [-0.25, -0.2) is 8.42 Å². The van der Waals surface area contributed by atoms with Gasteiger partial charge in [0, 0.05) is 24.8 Å². The number of carbonyl (C=O) groups is 1. The zero-order chi connectivity index (χ0) is 26.0. The van der Waals surface area contributed by atoms with Crippen LogP contribution in [0.2, 0.25) is 0 Å². The number of fused-ring (bicyclic) bond motifs is 1. The number of nitrogens with zero attached hydrogens (tertiary/aromatic N) is 4. The van der Waals surface area contributed by atoms with Crippen LogP contribution < -0.4 is 5.32 Å². The molecule has 2 aromatic heterocycles. The predicted octanol–water partition coefficient (Wildman–Crippen LogP) is 4.31. The van der Waals surface area contributed by atoms with Crippen molar-refractivity contribution >= 4 is 32.5 Å². The fraction of sp³-hybridized carbons (Fsp3) is 0.111. The molecule has 0 bridgehead atoms. The summed E-state index contributed by atoms with van der Waals surface area (Å²) < 4.78 is 29.4. The number of benzene rings is 3. The summed E-state index contributed by atoms with van der Waals surface area (Å²) in [6.45, 7) is 0.355. The van der Waals surface area contributed by atoms with Crippen LogP contribution in [0.25, 0.3) is 16.6 Å². The number of nitrogens with one attached hydrogen (secondary N) is 1. The lowest BCUT2D eigenvalue weighted by molar-refractivity contribution is -0.0258. The molecule has 0 aliphatic carbocycles. The molecule has 0 saturated carbocycles. The number of sulfonamides is 1. The molecule has 0 saturated heterocycles. The minimum atomic E-state index is -3.74. The summed E-state index contributed by atoms with van der Waals surface area (Å²) in [5.74, 6) is -0.321. The fourth-order valence-corrected chi connectivity index (χ4v) is 5.06. The maximum atomic E-state index is 13.4. The molecule has 10 heteroatoms. The first kappa shape index (κ1) is 24.4. The molecule has 2 heterocycles. The Morgan fingerprint density at radius 2 is 1.62 bits per heavy atom. The van der Waals surface area contributed by atoms with Gasteiger partial charge in [-0.15, -0.1) is 0 Å². The summed E-state index contributed by atoms with van der Waals surface area (Å²) in [6, 6.07) is 25.4. The van der Waals surface area contributed by atoms with Gasteiger partial charge in [0.1, 0.15) is 0 Å². The highest BCUT2D eigenvalue weighted by Crippen LogP contribution is 2.24. The zero-order valence-electron chi connectivity index (χ0n) is 20.3. The van der Waals surface area contributed by atoms with Crippen molar-refractivity contribution in [3.05, 3.63) is 109 Å². The second-order valence-electron chi connectivity index (χ2n) is 8.33. The largest absolute Gasteiger partial charge is 0.322 e. The number of para-hydroxylation sites is 3. The monoisotopic (exact) mass is 515 g/mol. The van der Waals surface area contributed by atoms with Crippen LogP contribution in [0.5, 0.6) is 0 Å². The molecule has 9 nitrogen and oxygen atoms in total. The summed E-state index contributed by atoms with van der Waals surface area (Å²) in [6.07, 6.45) is 3.83. The minimum Gasteiger partial charge on any atom is -0.322 e. The summed E-state index contributed by atoms with van der Waals surface area (Å²) in [7, 11) is -1.11. The Morgan fingerprint density at radius 3 is 2.35 bits per heavy atom. The molecule has 3 aromatic carbocycles. The zero-order valence-corrected chi connectivity index (χ0v) is 21.1. The van der Waals surface area contributed by atoms with Crippen molar-refractivity contribution in [2.45, 2.75) is 11.4 Å². The number of hydroxylamine groups is 1. The SMILES string of the molecule is CON(C)S(=O)(=O)c1ccc(Cn2nc(C(=O)Nc3ccccc3-n3cccc3)c3ccccc32)cc1. The molecular formula is C27H25N5O4S. The Kier molecular flexibility index (Phi) is 6.62. The van der Waals surface area contributed by atoms with E-state index >= 15 is 0 Å². The molecule has 5 aromatic rings. The number of carbonyl (C=O) groups excluding carboxylic acids is 1. The molecular weight excluding hydrogens is 490 g/mol. The number of hydrogen-bond acceptors (Lipinski definition) is 5. The van der Waals surface area contributed by atoms with E-state index in [9.17, 15) is 13.2 Å². The third kappa shape index (κ3) is 4.77. The average Bonchev–Trinajstić information content (AvgIpc) is 3.58. The Bertz CT molecular complexity index is 1660. The summed E-state index contributed by atoms with van der Waals surface area (Å²) >= 11 is 0. The van der Waals surface area contributed by atoms with Gasteiger partial charge in [0.2, 0.25) is 0 Å². The van der Waals surface area contributed by atoms with E-state index in [1.165, 1.54) is 26.3 Å². The lowest BCUT2D eigenvalue weighted by Gasteiger charge is -2.14. The fourth-order valence-electron chi connectivity index (χ4n) is 4.08.